The summed E-state index contributed by atoms with van der Waals surface area (Å²) >= 11 is 1.73. The molecule has 16 heavy (non-hydrogen) atoms. The van der Waals surface area contributed by atoms with Crippen molar-refractivity contribution in [2.24, 2.45) is 0 Å². The SMILES string of the molecule is CSCC(C)Nc1ncc(C(=O)O)c(C)n1. The molecule has 0 aromatic carbocycles. The van der Waals surface area contributed by atoms with Crippen molar-refractivity contribution >= 4 is 23.7 Å². The molecule has 0 aliphatic heterocycles. The first-order valence-corrected chi connectivity index (χ1v) is 6.26. The molecular weight excluding hydrogens is 226 g/mol. The number of rotatable bonds is 5. The highest BCUT2D eigenvalue weighted by Crippen LogP contribution is 2.09. The molecule has 0 bridgehead atoms. The van der Waals surface area contributed by atoms with Crippen molar-refractivity contribution in [1.29, 1.82) is 0 Å². The Bertz CT molecular complexity index is 384. The van der Waals surface area contributed by atoms with Crippen molar-refractivity contribution in [1.82, 2.24) is 9.97 Å². The van der Waals surface area contributed by atoms with Crippen LogP contribution in [0.4, 0.5) is 5.95 Å². The standard InChI is InChI=1S/C10H15N3O2S/c1-6(5-16-3)12-10-11-4-8(9(14)15)7(2)13-10/h4,6H,5H2,1-3H3,(H,14,15)(H,11,12,13). The molecule has 1 heterocycles. The van der Waals surface area contributed by atoms with E-state index in [0.717, 1.165) is 5.75 Å². The van der Waals surface area contributed by atoms with E-state index >= 15 is 0 Å². The van der Waals surface area contributed by atoms with Crippen LogP contribution < -0.4 is 5.32 Å². The molecule has 1 aromatic heterocycles. The van der Waals surface area contributed by atoms with Gasteiger partial charge in [0.2, 0.25) is 5.95 Å². The number of carboxylic acids is 1. The first-order valence-electron chi connectivity index (χ1n) is 4.87. The van der Waals surface area contributed by atoms with E-state index < -0.39 is 5.97 Å². The number of nitrogens with zero attached hydrogens (tertiary/aromatic N) is 2. The topological polar surface area (TPSA) is 75.1 Å². The fourth-order valence-electron chi connectivity index (χ4n) is 1.26. The van der Waals surface area contributed by atoms with Gasteiger partial charge < -0.3 is 10.4 Å². The van der Waals surface area contributed by atoms with Crippen LogP contribution in [-0.4, -0.2) is 39.1 Å². The molecule has 0 aliphatic rings. The third-order valence-electron chi connectivity index (χ3n) is 2.00. The number of hydrogen-bond acceptors (Lipinski definition) is 5. The Morgan fingerprint density at radius 3 is 2.88 bits per heavy atom. The molecule has 1 rings (SSSR count). The number of hydrogen-bond donors (Lipinski definition) is 2. The summed E-state index contributed by atoms with van der Waals surface area (Å²) in [4.78, 5) is 18.8. The van der Waals surface area contributed by atoms with E-state index in [1.54, 1.807) is 18.7 Å². The first kappa shape index (κ1) is 12.8. The number of carbonyl (C=O) groups is 1. The van der Waals surface area contributed by atoms with Crippen LogP contribution in [0.2, 0.25) is 0 Å². The monoisotopic (exact) mass is 241 g/mol. The molecule has 0 saturated carbocycles. The second-order valence-corrected chi connectivity index (χ2v) is 4.41. The van der Waals surface area contributed by atoms with Gasteiger partial charge in [-0.05, 0) is 20.1 Å². The quantitative estimate of drug-likeness (QED) is 0.816. The molecule has 0 spiro atoms. The fraction of sp³-hybridized carbons (Fsp3) is 0.500. The first-order chi connectivity index (χ1) is 7.54. The molecule has 2 N–H and O–H groups in total. The van der Waals surface area contributed by atoms with Gasteiger partial charge in [-0.15, -0.1) is 0 Å². The lowest BCUT2D eigenvalue weighted by molar-refractivity contribution is 0.0695. The molecule has 88 valence electrons. The summed E-state index contributed by atoms with van der Waals surface area (Å²) in [5.74, 6) is 0.425. The minimum Gasteiger partial charge on any atom is -0.478 e. The molecular formula is C10H15N3O2S. The van der Waals surface area contributed by atoms with E-state index in [0.29, 0.717) is 11.6 Å². The van der Waals surface area contributed by atoms with Crippen LogP contribution >= 0.6 is 11.8 Å². The van der Waals surface area contributed by atoms with Gasteiger partial charge in [-0.25, -0.2) is 14.8 Å². The number of thioether (sulfide) groups is 1. The Morgan fingerprint density at radius 1 is 1.69 bits per heavy atom. The van der Waals surface area contributed by atoms with Crippen LogP contribution in [0.25, 0.3) is 0 Å². The molecule has 1 unspecified atom stereocenters. The van der Waals surface area contributed by atoms with E-state index in [4.69, 9.17) is 5.11 Å². The van der Waals surface area contributed by atoms with Crippen LogP contribution in [0.3, 0.4) is 0 Å². The fourth-order valence-corrected chi connectivity index (χ4v) is 1.84. The molecule has 1 aromatic rings. The highest BCUT2D eigenvalue weighted by atomic mass is 32.2. The summed E-state index contributed by atoms with van der Waals surface area (Å²) in [5.41, 5.74) is 0.615. The average molecular weight is 241 g/mol. The average Bonchev–Trinajstić information content (AvgIpc) is 2.17. The van der Waals surface area contributed by atoms with Crippen molar-refractivity contribution in [3.8, 4) is 0 Å². The van der Waals surface area contributed by atoms with Gasteiger partial charge in [-0.2, -0.15) is 11.8 Å². The summed E-state index contributed by atoms with van der Waals surface area (Å²) in [6.07, 6.45) is 3.36. The van der Waals surface area contributed by atoms with Gasteiger partial charge in [0.15, 0.2) is 0 Å². The Hall–Kier alpha value is -1.30. The van der Waals surface area contributed by atoms with Gasteiger partial charge >= 0.3 is 5.97 Å². The number of aryl methyl sites for hydroxylation is 1. The molecule has 5 nitrogen and oxygen atoms in total. The summed E-state index contributed by atoms with van der Waals surface area (Å²) < 4.78 is 0. The number of anilines is 1. The van der Waals surface area contributed by atoms with Crippen LogP contribution in [-0.2, 0) is 0 Å². The Kier molecular flexibility index (Phi) is 4.54. The van der Waals surface area contributed by atoms with E-state index in [9.17, 15) is 4.79 Å². The highest BCUT2D eigenvalue weighted by molar-refractivity contribution is 7.98. The zero-order valence-electron chi connectivity index (χ0n) is 9.52. The number of aromatic nitrogens is 2. The zero-order valence-corrected chi connectivity index (χ0v) is 10.3. The van der Waals surface area contributed by atoms with Gasteiger partial charge in [-0.3, -0.25) is 0 Å². The van der Waals surface area contributed by atoms with E-state index in [2.05, 4.69) is 15.3 Å². The maximum atomic E-state index is 10.8. The highest BCUT2D eigenvalue weighted by Gasteiger charge is 2.10. The van der Waals surface area contributed by atoms with Crippen LogP contribution in [0.5, 0.6) is 0 Å². The van der Waals surface area contributed by atoms with Gasteiger partial charge in [0.1, 0.15) is 0 Å². The van der Waals surface area contributed by atoms with E-state index in [1.165, 1.54) is 6.20 Å². The second-order valence-electron chi connectivity index (χ2n) is 3.50. The van der Waals surface area contributed by atoms with Crippen LogP contribution in [0.1, 0.15) is 23.0 Å². The predicted molar refractivity (Wildman–Crippen MR) is 65.2 cm³/mol. The summed E-state index contributed by atoms with van der Waals surface area (Å²) in [6, 6.07) is 0.255. The molecule has 0 amide bonds. The normalized spacial score (nSPS) is 12.2. The molecule has 0 saturated heterocycles. The van der Waals surface area contributed by atoms with E-state index in [-0.39, 0.29) is 11.6 Å². The molecule has 1 atom stereocenters. The molecule has 6 heteroatoms. The predicted octanol–water partition coefficient (Wildman–Crippen LogP) is 1.65. The zero-order chi connectivity index (χ0) is 12.1. The van der Waals surface area contributed by atoms with Crippen molar-refractivity contribution < 1.29 is 9.90 Å². The second kappa shape index (κ2) is 5.69. The smallest absolute Gasteiger partial charge is 0.339 e. The lowest BCUT2D eigenvalue weighted by Crippen LogP contribution is -2.20. The summed E-state index contributed by atoms with van der Waals surface area (Å²) in [7, 11) is 0. The lowest BCUT2D eigenvalue weighted by Gasteiger charge is -2.12. The summed E-state index contributed by atoms with van der Waals surface area (Å²) in [5, 5.41) is 11.9. The maximum absolute atomic E-state index is 10.8. The van der Waals surface area contributed by atoms with Crippen molar-refractivity contribution in [2.45, 2.75) is 19.9 Å². The number of carboxylic acid groups (broad SMARTS) is 1. The lowest BCUT2D eigenvalue weighted by atomic mass is 10.2. The van der Waals surface area contributed by atoms with Crippen LogP contribution in [0.15, 0.2) is 6.20 Å². The number of nitrogens with one attached hydrogen (secondary N) is 1. The number of aromatic carboxylic acids is 1. The van der Waals surface area contributed by atoms with Crippen molar-refractivity contribution in [3.05, 3.63) is 17.5 Å². The minimum atomic E-state index is -0.999. The minimum absolute atomic E-state index is 0.142. The van der Waals surface area contributed by atoms with Gasteiger partial charge in [0.25, 0.3) is 0 Å². The maximum Gasteiger partial charge on any atom is 0.339 e. The largest absolute Gasteiger partial charge is 0.478 e. The van der Waals surface area contributed by atoms with Crippen molar-refractivity contribution in [3.63, 3.8) is 0 Å². The Balaban J connectivity index is 2.77. The van der Waals surface area contributed by atoms with Crippen LogP contribution in [0, 0.1) is 6.92 Å². The van der Waals surface area contributed by atoms with E-state index in [1.807, 2.05) is 13.2 Å². The summed E-state index contributed by atoms with van der Waals surface area (Å²) in [6.45, 7) is 3.69. The van der Waals surface area contributed by atoms with Crippen molar-refractivity contribution in [2.75, 3.05) is 17.3 Å². The van der Waals surface area contributed by atoms with Gasteiger partial charge in [-0.1, -0.05) is 0 Å². The Morgan fingerprint density at radius 2 is 2.38 bits per heavy atom. The molecule has 0 radical (unpaired) electrons. The Labute approximate surface area is 98.7 Å². The third kappa shape index (κ3) is 3.37. The molecule has 0 fully saturated rings. The third-order valence-corrected chi connectivity index (χ3v) is 2.84. The van der Waals surface area contributed by atoms with Gasteiger partial charge in [0.05, 0.1) is 11.3 Å². The molecule has 0 aliphatic carbocycles. The van der Waals surface area contributed by atoms with Gasteiger partial charge in [0, 0.05) is 18.0 Å².